The predicted octanol–water partition coefficient (Wildman–Crippen LogP) is -1.54. The number of phenols is 1. The summed E-state index contributed by atoms with van der Waals surface area (Å²) in [6.45, 7) is -2.58. The van der Waals surface area contributed by atoms with Gasteiger partial charge in [0.1, 0.15) is 55.6 Å². The van der Waals surface area contributed by atoms with Crippen LogP contribution in [0.15, 0.2) is 42.5 Å². The molecule has 2 fully saturated rings. The van der Waals surface area contributed by atoms with Gasteiger partial charge in [0.2, 0.25) is 11.5 Å². The molecule has 2 aliphatic rings. The highest BCUT2D eigenvalue weighted by Gasteiger charge is 2.61. The molecule has 2 aliphatic heterocycles. The summed E-state index contributed by atoms with van der Waals surface area (Å²) >= 11 is 0. The van der Waals surface area contributed by atoms with Crippen molar-refractivity contribution >= 4 is 18.0 Å². The van der Waals surface area contributed by atoms with Crippen molar-refractivity contribution in [1.82, 2.24) is 0 Å². The maximum Gasteiger partial charge on any atom is 0.338 e. The Labute approximate surface area is 274 Å². The molecule has 2 heterocycles. The Morgan fingerprint density at radius 1 is 0.875 bits per heavy atom. The summed E-state index contributed by atoms with van der Waals surface area (Å²) in [4.78, 5) is 25.4. The number of carbonyl (C=O) groups excluding carboxylic acids is 2. The average Bonchev–Trinajstić information content (AvgIpc) is 3.36. The van der Waals surface area contributed by atoms with Gasteiger partial charge in [-0.3, -0.25) is 0 Å². The number of hydrogen-bond acceptors (Lipinski definition) is 17. The van der Waals surface area contributed by atoms with Gasteiger partial charge in [0.05, 0.1) is 33.5 Å². The number of carbonyl (C=O) groups is 2. The van der Waals surface area contributed by atoms with Gasteiger partial charge in [-0.1, -0.05) is 0 Å². The van der Waals surface area contributed by atoms with Gasteiger partial charge in [0.15, 0.2) is 23.9 Å². The van der Waals surface area contributed by atoms with Crippen LogP contribution in [0.4, 0.5) is 0 Å². The molecular formula is C31H38O17. The van der Waals surface area contributed by atoms with Crippen molar-refractivity contribution < 1.29 is 83.2 Å². The minimum absolute atomic E-state index is 0.0621. The van der Waals surface area contributed by atoms with Crippen molar-refractivity contribution in [3.05, 3.63) is 53.6 Å². The summed E-state index contributed by atoms with van der Waals surface area (Å²) in [5.74, 6) is -3.50. The molecule has 0 spiro atoms. The predicted molar refractivity (Wildman–Crippen MR) is 159 cm³/mol. The standard InChI is InChI=1S/C31H38O17/c1-41-18-10-15(11-19(42-2)27(18)43-3)4-9-22(35)44-13-21-23(36)25(38)26(39)30(45-21)48-31(14-33)28(24(37)20(12-32)47-31)46-29(40)16-5-7-17(34)8-6-16/h4-11,20-21,23-26,28,30,32-34,36-39H,12-14H2,1-3H3/b9-4+/t20-,21+,23+,24-,25-,26+,28+,30+,31+/m0/s1. The summed E-state index contributed by atoms with van der Waals surface area (Å²) < 4.78 is 43.2. The number of methoxy groups -OCH3 is 3. The van der Waals surface area contributed by atoms with E-state index >= 15 is 0 Å². The van der Waals surface area contributed by atoms with Gasteiger partial charge in [-0.15, -0.1) is 0 Å². The summed E-state index contributed by atoms with van der Waals surface area (Å²) in [6.07, 6.45) is -11.7. The van der Waals surface area contributed by atoms with Crippen LogP contribution in [0, 0.1) is 0 Å². The molecule has 9 atom stereocenters. The van der Waals surface area contributed by atoms with Crippen LogP contribution >= 0.6 is 0 Å². The average molecular weight is 683 g/mol. The Bertz CT molecular complexity index is 1410. The van der Waals surface area contributed by atoms with Crippen molar-refractivity contribution in [2.24, 2.45) is 0 Å². The fourth-order valence-corrected chi connectivity index (χ4v) is 5.12. The molecule has 48 heavy (non-hydrogen) atoms. The smallest absolute Gasteiger partial charge is 0.338 e. The molecule has 17 nitrogen and oxygen atoms in total. The van der Waals surface area contributed by atoms with E-state index in [1.165, 1.54) is 51.7 Å². The SMILES string of the molecule is COc1cc(/C=C/C(=O)OC[C@H]2O[C@H](O[C@@]3(CO)O[C@@H](CO)[C@H](O)[C@H]3OC(=O)c3ccc(O)cc3)[C@H](O)[C@@H](O)[C@@H]2O)cc(OC)c1OC. The van der Waals surface area contributed by atoms with Crippen molar-refractivity contribution in [3.63, 3.8) is 0 Å². The van der Waals surface area contributed by atoms with Gasteiger partial charge in [0.25, 0.3) is 0 Å². The van der Waals surface area contributed by atoms with E-state index in [1.807, 2.05) is 0 Å². The Morgan fingerprint density at radius 3 is 2.08 bits per heavy atom. The molecule has 0 unspecified atom stereocenters. The van der Waals surface area contributed by atoms with E-state index in [1.54, 1.807) is 12.1 Å². The first-order valence-corrected chi connectivity index (χ1v) is 14.5. The van der Waals surface area contributed by atoms with E-state index in [4.69, 9.17) is 37.9 Å². The van der Waals surface area contributed by atoms with E-state index < -0.39 is 86.6 Å². The topological polar surface area (TPSA) is 250 Å². The molecule has 2 aromatic rings. The molecule has 0 aliphatic carbocycles. The fraction of sp³-hybridized carbons (Fsp3) is 0.484. The molecule has 2 aromatic carbocycles. The normalized spacial score (nSPS) is 30.2. The van der Waals surface area contributed by atoms with Gasteiger partial charge in [0, 0.05) is 6.08 Å². The zero-order chi connectivity index (χ0) is 35.2. The van der Waals surface area contributed by atoms with Crippen LogP contribution in [0.2, 0.25) is 0 Å². The van der Waals surface area contributed by atoms with Crippen LogP contribution in [0.1, 0.15) is 15.9 Å². The molecule has 264 valence electrons. The van der Waals surface area contributed by atoms with E-state index in [2.05, 4.69) is 0 Å². The number of benzene rings is 2. The van der Waals surface area contributed by atoms with Gasteiger partial charge in [-0.05, 0) is 48.0 Å². The number of aliphatic hydroxyl groups is 6. The molecule has 0 radical (unpaired) electrons. The van der Waals surface area contributed by atoms with Crippen molar-refractivity contribution in [2.75, 3.05) is 41.2 Å². The molecule has 0 amide bonds. The molecule has 17 heteroatoms. The molecule has 0 aromatic heterocycles. The van der Waals surface area contributed by atoms with Crippen LogP contribution in [-0.4, -0.2) is 144 Å². The molecule has 0 bridgehead atoms. The third-order valence-corrected chi connectivity index (χ3v) is 7.69. The second-order valence-electron chi connectivity index (χ2n) is 10.7. The number of hydrogen-bond donors (Lipinski definition) is 7. The Balaban J connectivity index is 1.47. The van der Waals surface area contributed by atoms with Crippen LogP contribution in [0.25, 0.3) is 6.08 Å². The minimum atomic E-state index is -2.46. The molecule has 0 saturated carbocycles. The van der Waals surface area contributed by atoms with E-state index in [0.717, 1.165) is 6.08 Å². The highest BCUT2D eigenvalue weighted by atomic mass is 16.8. The first-order valence-electron chi connectivity index (χ1n) is 14.5. The van der Waals surface area contributed by atoms with Crippen LogP contribution < -0.4 is 14.2 Å². The number of aliphatic hydroxyl groups excluding tert-OH is 6. The van der Waals surface area contributed by atoms with Crippen molar-refractivity contribution in [1.29, 1.82) is 0 Å². The Hall–Kier alpha value is -4.04. The highest BCUT2D eigenvalue weighted by molar-refractivity contribution is 5.89. The minimum Gasteiger partial charge on any atom is -0.508 e. The maximum absolute atomic E-state index is 12.8. The lowest BCUT2D eigenvalue weighted by atomic mass is 9.98. The lowest BCUT2D eigenvalue weighted by Gasteiger charge is -2.43. The molecule has 4 rings (SSSR count). The third-order valence-electron chi connectivity index (χ3n) is 7.69. The van der Waals surface area contributed by atoms with E-state index in [-0.39, 0.29) is 11.3 Å². The number of esters is 2. The second kappa shape index (κ2) is 15.9. The van der Waals surface area contributed by atoms with Gasteiger partial charge >= 0.3 is 11.9 Å². The van der Waals surface area contributed by atoms with Crippen LogP contribution in [-0.2, 0) is 28.5 Å². The fourth-order valence-electron chi connectivity index (χ4n) is 5.12. The van der Waals surface area contributed by atoms with Crippen LogP contribution in [0.5, 0.6) is 23.0 Å². The van der Waals surface area contributed by atoms with Gasteiger partial charge < -0.3 is 73.6 Å². The van der Waals surface area contributed by atoms with Crippen LogP contribution in [0.3, 0.4) is 0 Å². The number of rotatable bonds is 13. The first kappa shape index (κ1) is 36.8. The summed E-state index contributed by atoms with van der Waals surface area (Å²) in [5, 5.41) is 72.2. The second-order valence-corrected chi connectivity index (χ2v) is 10.7. The zero-order valence-electron chi connectivity index (χ0n) is 26.1. The lowest BCUT2D eigenvalue weighted by Crippen LogP contribution is -2.63. The zero-order valence-corrected chi connectivity index (χ0v) is 26.1. The van der Waals surface area contributed by atoms with Crippen molar-refractivity contribution in [2.45, 2.75) is 54.8 Å². The summed E-state index contributed by atoms with van der Waals surface area (Å²) in [6, 6.07) is 8.02. The highest BCUT2D eigenvalue weighted by Crippen LogP contribution is 2.39. The van der Waals surface area contributed by atoms with Gasteiger partial charge in [-0.25, -0.2) is 9.59 Å². The Kier molecular flexibility index (Phi) is 12.2. The van der Waals surface area contributed by atoms with Crippen molar-refractivity contribution in [3.8, 4) is 23.0 Å². The molecular weight excluding hydrogens is 644 g/mol. The number of ether oxygens (including phenoxy) is 8. The molecule has 7 N–H and O–H groups in total. The van der Waals surface area contributed by atoms with E-state index in [9.17, 15) is 45.3 Å². The molecule has 2 saturated heterocycles. The first-order chi connectivity index (χ1) is 22.9. The van der Waals surface area contributed by atoms with Gasteiger partial charge in [-0.2, -0.15) is 0 Å². The summed E-state index contributed by atoms with van der Waals surface area (Å²) in [7, 11) is 4.29. The van der Waals surface area contributed by atoms with E-state index in [0.29, 0.717) is 22.8 Å². The monoisotopic (exact) mass is 682 g/mol. The Morgan fingerprint density at radius 2 is 1.52 bits per heavy atom. The number of phenolic OH excluding ortho intramolecular Hbond substituents is 1. The quantitative estimate of drug-likeness (QED) is 0.0934. The number of aromatic hydroxyl groups is 1. The third kappa shape index (κ3) is 7.81. The summed E-state index contributed by atoms with van der Waals surface area (Å²) in [5.41, 5.74) is 0.422. The maximum atomic E-state index is 12.8. The largest absolute Gasteiger partial charge is 0.508 e. The lowest BCUT2D eigenvalue weighted by molar-refractivity contribution is -0.383.